The zero-order valence-electron chi connectivity index (χ0n) is 8.83. The molecule has 0 radical (unpaired) electrons. The van der Waals surface area contributed by atoms with E-state index in [-0.39, 0.29) is 12.5 Å². The maximum absolute atomic E-state index is 11.4. The molecule has 0 spiro atoms. The summed E-state index contributed by atoms with van der Waals surface area (Å²) >= 11 is 0. The maximum Gasteiger partial charge on any atom is 0.330 e. The van der Waals surface area contributed by atoms with Gasteiger partial charge in [-0.3, -0.25) is 4.79 Å². The van der Waals surface area contributed by atoms with Crippen LogP contribution < -0.4 is 5.32 Å². The first kappa shape index (κ1) is 11.9. The predicted octanol–water partition coefficient (Wildman–Crippen LogP) is 1.16. The van der Waals surface area contributed by atoms with Crippen molar-refractivity contribution in [3.05, 3.63) is 12.7 Å². The summed E-state index contributed by atoms with van der Waals surface area (Å²) < 4.78 is 4.70. The second-order valence-electron chi connectivity index (χ2n) is 3.62. The zero-order chi connectivity index (χ0) is 11.1. The first-order valence-corrected chi connectivity index (χ1v) is 5.33. The van der Waals surface area contributed by atoms with Crippen LogP contribution in [0.15, 0.2) is 12.7 Å². The SMILES string of the molecule is C=CCCC(=O)OC(=O)[C@@H]1CCCCN1. The number of nitrogens with one attached hydrogen (secondary N) is 1. The molecule has 0 bridgehead atoms. The Bertz CT molecular complexity index is 244. The van der Waals surface area contributed by atoms with Crippen molar-refractivity contribution >= 4 is 11.9 Å². The lowest BCUT2D eigenvalue weighted by molar-refractivity contribution is -0.161. The van der Waals surface area contributed by atoms with Crippen LogP contribution in [0.1, 0.15) is 32.1 Å². The number of piperidine rings is 1. The highest BCUT2D eigenvalue weighted by atomic mass is 16.6. The molecule has 1 aliphatic rings. The van der Waals surface area contributed by atoms with Gasteiger partial charge in [0, 0.05) is 6.42 Å². The van der Waals surface area contributed by atoms with Crippen molar-refractivity contribution in [2.45, 2.75) is 38.1 Å². The molecule has 1 atom stereocenters. The standard InChI is InChI=1S/C11H17NO3/c1-2-3-7-10(13)15-11(14)9-6-4-5-8-12-9/h2,9,12H,1,3-8H2/t9-/m0/s1. The summed E-state index contributed by atoms with van der Waals surface area (Å²) in [6.07, 6.45) is 5.24. The summed E-state index contributed by atoms with van der Waals surface area (Å²) in [5.74, 6) is -0.906. The third kappa shape index (κ3) is 4.25. The summed E-state index contributed by atoms with van der Waals surface area (Å²) in [4.78, 5) is 22.6. The minimum Gasteiger partial charge on any atom is -0.392 e. The maximum atomic E-state index is 11.4. The number of allylic oxidation sites excluding steroid dienone is 1. The van der Waals surface area contributed by atoms with Crippen LogP contribution in [0.4, 0.5) is 0 Å². The zero-order valence-corrected chi connectivity index (χ0v) is 8.83. The molecule has 1 fully saturated rings. The van der Waals surface area contributed by atoms with Crippen LogP contribution >= 0.6 is 0 Å². The van der Waals surface area contributed by atoms with E-state index in [1.165, 1.54) is 0 Å². The monoisotopic (exact) mass is 211 g/mol. The van der Waals surface area contributed by atoms with E-state index in [9.17, 15) is 9.59 Å². The Balaban J connectivity index is 2.27. The fourth-order valence-electron chi connectivity index (χ4n) is 1.51. The van der Waals surface area contributed by atoms with Crippen molar-refractivity contribution in [3.63, 3.8) is 0 Å². The number of esters is 2. The van der Waals surface area contributed by atoms with E-state index >= 15 is 0 Å². The lowest BCUT2D eigenvalue weighted by Gasteiger charge is -2.20. The Kier molecular flexibility index (Phi) is 5.04. The molecule has 0 aromatic rings. The average Bonchev–Trinajstić information content (AvgIpc) is 2.27. The van der Waals surface area contributed by atoms with Gasteiger partial charge in [-0.25, -0.2) is 4.79 Å². The number of hydrogen-bond donors (Lipinski definition) is 1. The van der Waals surface area contributed by atoms with Gasteiger partial charge < -0.3 is 10.1 Å². The van der Waals surface area contributed by atoms with E-state index in [4.69, 9.17) is 4.74 Å². The molecule has 0 aromatic heterocycles. The number of carbonyl (C=O) groups excluding carboxylic acids is 2. The Morgan fingerprint density at radius 1 is 1.47 bits per heavy atom. The molecule has 1 heterocycles. The number of hydrogen-bond acceptors (Lipinski definition) is 4. The number of rotatable bonds is 4. The lowest BCUT2D eigenvalue weighted by Crippen LogP contribution is -2.42. The normalized spacial score (nSPS) is 20.7. The predicted molar refractivity (Wildman–Crippen MR) is 56.2 cm³/mol. The third-order valence-corrected chi connectivity index (χ3v) is 2.36. The van der Waals surface area contributed by atoms with Gasteiger partial charge in [-0.15, -0.1) is 6.58 Å². The van der Waals surface area contributed by atoms with Crippen molar-refractivity contribution in [3.8, 4) is 0 Å². The molecule has 0 amide bonds. The summed E-state index contributed by atoms with van der Waals surface area (Å²) in [6, 6.07) is -0.300. The summed E-state index contributed by atoms with van der Waals surface area (Å²) in [6.45, 7) is 4.32. The molecular formula is C11H17NO3. The molecule has 1 N–H and O–H groups in total. The molecule has 15 heavy (non-hydrogen) atoms. The largest absolute Gasteiger partial charge is 0.392 e. The van der Waals surface area contributed by atoms with Gasteiger partial charge in [0.15, 0.2) is 0 Å². The quantitative estimate of drug-likeness (QED) is 0.431. The van der Waals surface area contributed by atoms with Crippen molar-refractivity contribution in [2.75, 3.05) is 6.54 Å². The molecule has 1 rings (SSSR count). The van der Waals surface area contributed by atoms with E-state index < -0.39 is 11.9 Å². The summed E-state index contributed by atoms with van der Waals surface area (Å²) in [5.41, 5.74) is 0. The van der Waals surface area contributed by atoms with Gasteiger partial charge in [0.2, 0.25) is 0 Å². The Hall–Kier alpha value is -1.16. The fraction of sp³-hybridized carbons (Fsp3) is 0.636. The van der Waals surface area contributed by atoms with E-state index in [1.54, 1.807) is 6.08 Å². The lowest BCUT2D eigenvalue weighted by atomic mass is 10.1. The highest BCUT2D eigenvalue weighted by Gasteiger charge is 2.23. The molecule has 0 saturated carbocycles. The number of ether oxygens (including phenoxy) is 1. The highest BCUT2D eigenvalue weighted by molar-refractivity contribution is 5.88. The Labute approximate surface area is 89.7 Å². The van der Waals surface area contributed by atoms with E-state index in [1.807, 2.05) is 0 Å². The Morgan fingerprint density at radius 3 is 2.87 bits per heavy atom. The molecule has 0 aromatic carbocycles. The van der Waals surface area contributed by atoms with Gasteiger partial charge in [-0.05, 0) is 25.8 Å². The Morgan fingerprint density at radius 2 is 2.27 bits per heavy atom. The van der Waals surface area contributed by atoms with Crippen molar-refractivity contribution in [1.82, 2.24) is 5.32 Å². The van der Waals surface area contributed by atoms with Crippen LogP contribution in [0.3, 0.4) is 0 Å². The van der Waals surface area contributed by atoms with Crippen molar-refractivity contribution < 1.29 is 14.3 Å². The van der Waals surface area contributed by atoms with Crippen LogP contribution in [-0.2, 0) is 14.3 Å². The molecule has 84 valence electrons. The second kappa shape index (κ2) is 6.35. The van der Waals surface area contributed by atoms with E-state index in [0.717, 1.165) is 25.8 Å². The highest BCUT2D eigenvalue weighted by Crippen LogP contribution is 2.08. The minimum absolute atomic E-state index is 0.224. The molecule has 0 unspecified atom stereocenters. The van der Waals surface area contributed by atoms with Crippen LogP contribution in [0.5, 0.6) is 0 Å². The van der Waals surface area contributed by atoms with Crippen molar-refractivity contribution in [2.24, 2.45) is 0 Å². The molecular weight excluding hydrogens is 194 g/mol. The first-order chi connectivity index (χ1) is 7.24. The average molecular weight is 211 g/mol. The van der Waals surface area contributed by atoms with Gasteiger partial charge in [-0.1, -0.05) is 12.5 Å². The van der Waals surface area contributed by atoms with E-state index in [2.05, 4.69) is 11.9 Å². The van der Waals surface area contributed by atoms with Crippen LogP contribution in [0, 0.1) is 0 Å². The van der Waals surface area contributed by atoms with Crippen LogP contribution in [0.25, 0.3) is 0 Å². The van der Waals surface area contributed by atoms with Gasteiger partial charge in [0.1, 0.15) is 6.04 Å². The topological polar surface area (TPSA) is 55.4 Å². The van der Waals surface area contributed by atoms with Gasteiger partial charge in [-0.2, -0.15) is 0 Å². The van der Waals surface area contributed by atoms with Crippen molar-refractivity contribution in [1.29, 1.82) is 0 Å². The molecule has 0 aliphatic carbocycles. The smallest absolute Gasteiger partial charge is 0.330 e. The van der Waals surface area contributed by atoms with Crippen LogP contribution in [0.2, 0.25) is 0 Å². The van der Waals surface area contributed by atoms with E-state index in [0.29, 0.717) is 6.42 Å². The molecule has 1 aliphatic heterocycles. The molecule has 1 saturated heterocycles. The molecule has 4 heteroatoms. The van der Waals surface area contributed by atoms with Gasteiger partial charge in [0.05, 0.1) is 0 Å². The summed E-state index contributed by atoms with van der Waals surface area (Å²) in [7, 11) is 0. The molecule has 4 nitrogen and oxygen atoms in total. The van der Waals surface area contributed by atoms with Crippen LogP contribution in [-0.4, -0.2) is 24.5 Å². The first-order valence-electron chi connectivity index (χ1n) is 5.33. The summed E-state index contributed by atoms with van der Waals surface area (Å²) in [5, 5.41) is 3.03. The van der Waals surface area contributed by atoms with Gasteiger partial charge in [0.25, 0.3) is 0 Å². The minimum atomic E-state index is -0.465. The fourth-order valence-corrected chi connectivity index (χ4v) is 1.51. The van der Waals surface area contributed by atoms with Gasteiger partial charge >= 0.3 is 11.9 Å². The second-order valence-corrected chi connectivity index (χ2v) is 3.62. The third-order valence-electron chi connectivity index (χ3n) is 2.36. The number of carbonyl (C=O) groups is 2.